The average molecular weight is 277 g/mol. The summed E-state index contributed by atoms with van der Waals surface area (Å²) in [6, 6.07) is 8.23. The maximum absolute atomic E-state index is 13.2. The third kappa shape index (κ3) is 3.21. The summed E-state index contributed by atoms with van der Waals surface area (Å²) in [6.45, 7) is 4.12. The molecule has 20 heavy (non-hydrogen) atoms. The zero-order chi connectivity index (χ0) is 13.9. The molecule has 1 aliphatic heterocycles. The molecule has 0 amide bonds. The molecule has 2 nitrogen and oxygen atoms in total. The van der Waals surface area contributed by atoms with Gasteiger partial charge in [-0.1, -0.05) is 12.1 Å². The first-order valence-corrected chi connectivity index (χ1v) is 7.81. The third-order valence-electron chi connectivity index (χ3n) is 4.93. The highest BCUT2D eigenvalue weighted by Crippen LogP contribution is 2.37. The van der Waals surface area contributed by atoms with Crippen molar-refractivity contribution < 1.29 is 9.13 Å². The normalized spacial score (nSPS) is 28.9. The molecule has 1 N–H and O–H groups in total. The fourth-order valence-electron chi connectivity index (χ4n) is 3.51. The van der Waals surface area contributed by atoms with Gasteiger partial charge in [-0.15, -0.1) is 0 Å². The molecular formula is C17H24FNO. The number of hydrogen-bond donors (Lipinski definition) is 1. The number of ether oxygens (including phenoxy) is 1. The minimum absolute atomic E-state index is 0.116. The first-order chi connectivity index (χ1) is 9.72. The van der Waals surface area contributed by atoms with Gasteiger partial charge in [-0.05, 0) is 62.1 Å². The van der Waals surface area contributed by atoms with Crippen LogP contribution in [0.15, 0.2) is 24.3 Å². The van der Waals surface area contributed by atoms with Gasteiger partial charge in [-0.25, -0.2) is 4.39 Å². The molecule has 110 valence electrons. The molecule has 0 radical (unpaired) electrons. The number of halogens is 1. The number of rotatable bonds is 4. The highest BCUT2D eigenvalue weighted by molar-refractivity contribution is 5.23. The van der Waals surface area contributed by atoms with E-state index in [1.54, 1.807) is 6.07 Å². The van der Waals surface area contributed by atoms with Gasteiger partial charge < -0.3 is 10.1 Å². The van der Waals surface area contributed by atoms with Gasteiger partial charge in [-0.3, -0.25) is 0 Å². The van der Waals surface area contributed by atoms with Gasteiger partial charge in [-0.2, -0.15) is 0 Å². The van der Waals surface area contributed by atoms with Crippen LogP contribution in [0.3, 0.4) is 0 Å². The number of benzene rings is 1. The van der Waals surface area contributed by atoms with Crippen molar-refractivity contribution in [3.05, 3.63) is 35.6 Å². The summed E-state index contributed by atoms with van der Waals surface area (Å²) in [5.74, 6) is 1.16. The molecule has 1 heterocycles. The molecule has 1 aromatic carbocycles. The molecule has 1 saturated carbocycles. The van der Waals surface area contributed by atoms with E-state index in [1.165, 1.54) is 18.9 Å². The monoisotopic (exact) mass is 277 g/mol. The standard InChI is InChI=1S/C17H24FNO/c1-12(13-5-7-20-8-6-13)19-17-10-15(11-17)14-3-2-4-16(18)9-14/h2-4,9,12-13,15,17,19H,5-8,10-11H2,1H3. The first-order valence-electron chi connectivity index (χ1n) is 7.81. The minimum atomic E-state index is -0.116. The minimum Gasteiger partial charge on any atom is -0.381 e. The molecule has 0 spiro atoms. The van der Waals surface area contributed by atoms with E-state index in [9.17, 15) is 4.39 Å². The second-order valence-corrected chi connectivity index (χ2v) is 6.33. The Morgan fingerprint density at radius 3 is 2.70 bits per heavy atom. The van der Waals surface area contributed by atoms with Gasteiger partial charge in [0.2, 0.25) is 0 Å². The topological polar surface area (TPSA) is 21.3 Å². The zero-order valence-electron chi connectivity index (χ0n) is 12.1. The third-order valence-corrected chi connectivity index (χ3v) is 4.93. The largest absolute Gasteiger partial charge is 0.381 e. The van der Waals surface area contributed by atoms with Crippen LogP contribution < -0.4 is 5.32 Å². The van der Waals surface area contributed by atoms with Crippen LogP contribution in [0.5, 0.6) is 0 Å². The van der Waals surface area contributed by atoms with Crippen LogP contribution in [0.1, 0.15) is 44.1 Å². The van der Waals surface area contributed by atoms with Gasteiger partial charge >= 0.3 is 0 Å². The highest BCUT2D eigenvalue weighted by Gasteiger charge is 2.32. The fourth-order valence-corrected chi connectivity index (χ4v) is 3.51. The van der Waals surface area contributed by atoms with E-state index in [0.717, 1.165) is 37.5 Å². The van der Waals surface area contributed by atoms with Crippen LogP contribution in [0.2, 0.25) is 0 Å². The van der Waals surface area contributed by atoms with Crippen LogP contribution in [0, 0.1) is 11.7 Å². The SMILES string of the molecule is CC(NC1CC(c2cccc(F)c2)C1)C1CCOCC1. The lowest BCUT2D eigenvalue weighted by molar-refractivity contribution is 0.0519. The lowest BCUT2D eigenvalue weighted by Gasteiger charge is -2.40. The summed E-state index contributed by atoms with van der Waals surface area (Å²) in [5.41, 5.74) is 1.15. The van der Waals surface area contributed by atoms with Gasteiger partial charge in [0.1, 0.15) is 5.82 Å². The molecule has 0 bridgehead atoms. The Labute approximate surface area is 120 Å². The zero-order valence-corrected chi connectivity index (χ0v) is 12.1. The average Bonchev–Trinajstić information content (AvgIpc) is 2.43. The Morgan fingerprint density at radius 1 is 1.25 bits per heavy atom. The van der Waals surface area contributed by atoms with Crippen molar-refractivity contribution in [1.82, 2.24) is 5.32 Å². The van der Waals surface area contributed by atoms with E-state index in [0.29, 0.717) is 18.0 Å². The second-order valence-electron chi connectivity index (χ2n) is 6.33. The van der Waals surface area contributed by atoms with Crippen LogP contribution in [-0.2, 0) is 4.74 Å². The van der Waals surface area contributed by atoms with Crippen LogP contribution >= 0.6 is 0 Å². The summed E-state index contributed by atoms with van der Waals surface area (Å²) in [4.78, 5) is 0. The molecule has 1 unspecified atom stereocenters. The Balaban J connectivity index is 1.46. The Hall–Kier alpha value is -0.930. The van der Waals surface area contributed by atoms with E-state index in [2.05, 4.69) is 12.2 Å². The van der Waals surface area contributed by atoms with Gasteiger partial charge in [0.15, 0.2) is 0 Å². The fraction of sp³-hybridized carbons (Fsp3) is 0.647. The lowest BCUT2D eigenvalue weighted by Crippen LogP contribution is -2.48. The maximum Gasteiger partial charge on any atom is 0.123 e. The summed E-state index contributed by atoms with van der Waals surface area (Å²) in [5, 5.41) is 3.75. The molecule has 1 atom stereocenters. The molecule has 1 aromatic rings. The summed E-state index contributed by atoms with van der Waals surface area (Å²) in [6.07, 6.45) is 4.62. The van der Waals surface area contributed by atoms with Crippen molar-refractivity contribution >= 4 is 0 Å². The van der Waals surface area contributed by atoms with Crippen LogP contribution in [0.25, 0.3) is 0 Å². The predicted molar refractivity (Wildman–Crippen MR) is 78.3 cm³/mol. The van der Waals surface area contributed by atoms with Crippen molar-refractivity contribution in [2.75, 3.05) is 13.2 Å². The van der Waals surface area contributed by atoms with E-state index >= 15 is 0 Å². The molecule has 2 aliphatic rings. The van der Waals surface area contributed by atoms with E-state index < -0.39 is 0 Å². The number of hydrogen-bond acceptors (Lipinski definition) is 2. The molecule has 1 aliphatic carbocycles. The number of nitrogens with one attached hydrogen (secondary N) is 1. The molecule has 3 heteroatoms. The van der Waals surface area contributed by atoms with Gasteiger partial charge in [0.25, 0.3) is 0 Å². The van der Waals surface area contributed by atoms with E-state index in [4.69, 9.17) is 4.74 Å². The smallest absolute Gasteiger partial charge is 0.123 e. The van der Waals surface area contributed by atoms with Crippen molar-refractivity contribution in [3.63, 3.8) is 0 Å². The van der Waals surface area contributed by atoms with Crippen molar-refractivity contribution in [2.24, 2.45) is 5.92 Å². The van der Waals surface area contributed by atoms with Crippen molar-refractivity contribution in [1.29, 1.82) is 0 Å². The molecular weight excluding hydrogens is 253 g/mol. The maximum atomic E-state index is 13.2. The Bertz CT molecular complexity index is 438. The van der Waals surface area contributed by atoms with Crippen molar-refractivity contribution in [2.45, 2.75) is 50.6 Å². The first kappa shape index (κ1) is 14.0. The Kier molecular flexibility index (Phi) is 4.37. The quantitative estimate of drug-likeness (QED) is 0.910. The van der Waals surface area contributed by atoms with Crippen molar-refractivity contribution in [3.8, 4) is 0 Å². The second kappa shape index (κ2) is 6.23. The molecule has 3 rings (SSSR count). The highest BCUT2D eigenvalue weighted by atomic mass is 19.1. The summed E-state index contributed by atoms with van der Waals surface area (Å²) < 4.78 is 18.6. The predicted octanol–water partition coefficient (Wildman–Crippen LogP) is 3.48. The summed E-state index contributed by atoms with van der Waals surface area (Å²) >= 11 is 0. The van der Waals surface area contributed by atoms with E-state index in [-0.39, 0.29) is 5.82 Å². The van der Waals surface area contributed by atoms with E-state index in [1.807, 2.05) is 12.1 Å². The summed E-state index contributed by atoms with van der Waals surface area (Å²) in [7, 11) is 0. The van der Waals surface area contributed by atoms with Crippen LogP contribution in [0.4, 0.5) is 4.39 Å². The molecule has 1 saturated heterocycles. The Morgan fingerprint density at radius 2 is 2.00 bits per heavy atom. The molecule has 0 aromatic heterocycles. The van der Waals surface area contributed by atoms with Crippen LogP contribution in [-0.4, -0.2) is 25.3 Å². The lowest BCUT2D eigenvalue weighted by atomic mass is 9.75. The van der Waals surface area contributed by atoms with Gasteiger partial charge in [0.05, 0.1) is 0 Å². The molecule has 2 fully saturated rings. The van der Waals surface area contributed by atoms with Gasteiger partial charge in [0, 0.05) is 25.3 Å².